The Kier molecular flexibility index (Phi) is 2.67. The zero-order valence-electron chi connectivity index (χ0n) is 12.4. The number of Topliss-reactive ketones (excluding diaryl/α,β-unsaturated/α-hetero) is 1. The van der Waals surface area contributed by atoms with Crippen LogP contribution in [0.5, 0.6) is 0 Å². The molecule has 2 nitrogen and oxygen atoms in total. The Morgan fingerprint density at radius 1 is 1.30 bits per heavy atom. The molecule has 0 radical (unpaired) electrons. The summed E-state index contributed by atoms with van der Waals surface area (Å²) in [6.45, 7) is 6.00. The molecule has 108 valence electrons. The van der Waals surface area contributed by atoms with Crippen molar-refractivity contribution in [2.24, 2.45) is 23.7 Å². The molecule has 0 aliphatic heterocycles. The molecule has 1 heterocycles. The molecule has 3 aliphatic carbocycles. The van der Waals surface area contributed by atoms with Crippen molar-refractivity contribution in [1.82, 2.24) is 4.57 Å². The Bertz CT molecular complexity index is 572. The van der Waals surface area contributed by atoms with Crippen LogP contribution in [0.1, 0.15) is 54.0 Å². The molecule has 2 bridgehead atoms. The first kappa shape index (κ1) is 12.9. The van der Waals surface area contributed by atoms with E-state index in [-0.39, 0.29) is 5.78 Å². The van der Waals surface area contributed by atoms with Crippen LogP contribution in [0.3, 0.4) is 0 Å². The molecule has 0 saturated heterocycles. The number of aryl methyl sites for hydroxylation is 1. The first-order chi connectivity index (χ1) is 9.50. The minimum absolute atomic E-state index is 0.0693. The zero-order valence-corrected chi connectivity index (χ0v) is 13.2. The van der Waals surface area contributed by atoms with Crippen LogP contribution in [0, 0.1) is 37.5 Å². The number of carbonyl (C=O) groups is 1. The Balaban J connectivity index is 1.69. The molecule has 3 heteroatoms. The smallest absolute Gasteiger partial charge is 0.182 e. The fourth-order valence-corrected chi connectivity index (χ4v) is 5.44. The topological polar surface area (TPSA) is 22.0 Å². The lowest BCUT2D eigenvalue weighted by Crippen LogP contribution is -2.13. The summed E-state index contributed by atoms with van der Waals surface area (Å²) in [7, 11) is 0. The van der Waals surface area contributed by atoms with Crippen molar-refractivity contribution in [1.29, 1.82) is 0 Å². The second kappa shape index (κ2) is 4.13. The van der Waals surface area contributed by atoms with Crippen LogP contribution >= 0.6 is 11.6 Å². The van der Waals surface area contributed by atoms with E-state index in [0.29, 0.717) is 6.04 Å². The summed E-state index contributed by atoms with van der Waals surface area (Å²) >= 11 is 5.98. The first-order valence-electron chi connectivity index (χ1n) is 7.87. The van der Waals surface area contributed by atoms with Crippen LogP contribution in [0.2, 0.25) is 0 Å². The average molecular weight is 292 g/mol. The third kappa shape index (κ3) is 1.55. The first-order valence-corrected chi connectivity index (χ1v) is 8.31. The lowest BCUT2D eigenvalue weighted by Gasteiger charge is -2.15. The largest absolute Gasteiger partial charge is 0.345 e. The van der Waals surface area contributed by atoms with E-state index >= 15 is 0 Å². The number of rotatable bonds is 3. The maximum Gasteiger partial charge on any atom is 0.182 e. The third-order valence-electron chi connectivity index (χ3n) is 6.10. The fourth-order valence-electron chi connectivity index (χ4n) is 5.32. The van der Waals surface area contributed by atoms with Gasteiger partial charge in [0.25, 0.3) is 0 Å². The molecule has 0 spiro atoms. The Morgan fingerprint density at radius 2 is 1.90 bits per heavy atom. The van der Waals surface area contributed by atoms with Crippen molar-refractivity contribution < 1.29 is 4.79 Å². The molecule has 3 fully saturated rings. The molecule has 0 amide bonds. The SMILES string of the molecule is Cc1cc(C(=O)C(C)Cl)c(C)n1C1C2C3CCC(C3)C21. The normalized spacial score (nSPS) is 38.9. The molecule has 4 rings (SSSR count). The van der Waals surface area contributed by atoms with Gasteiger partial charge >= 0.3 is 0 Å². The number of alkyl halides is 1. The standard InChI is InChI=1S/C17H22ClNO/c1-8-6-13(17(20)9(2)18)10(3)19(8)16-14-11-4-5-12(7-11)15(14)16/h6,9,11-12,14-16H,4-5,7H2,1-3H3. The van der Waals surface area contributed by atoms with Gasteiger partial charge in [0.2, 0.25) is 0 Å². The van der Waals surface area contributed by atoms with Crippen LogP contribution in [0.25, 0.3) is 0 Å². The van der Waals surface area contributed by atoms with Gasteiger partial charge in [-0.1, -0.05) is 0 Å². The van der Waals surface area contributed by atoms with Crippen LogP contribution in [0.15, 0.2) is 6.07 Å². The summed E-state index contributed by atoms with van der Waals surface area (Å²) in [5, 5.41) is -0.432. The second-order valence-corrected chi connectivity index (χ2v) is 7.77. The highest BCUT2D eigenvalue weighted by atomic mass is 35.5. The lowest BCUT2D eigenvalue weighted by atomic mass is 10.0. The monoisotopic (exact) mass is 291 g/mol. The van der Waals surface area contributed by atoms with Crippen molar-refractivity contribution in [3.63, 3.8) is 0 Å². The molecule has 3 aliphatic rings. The summed E-state index contributed by atoms with van der Waals surface area (Å²) in [5.41, 5.74) is 3.21. The molecular formula is C17H22ClNO. The predicted octanol–water partition coefficient (Wildman–Crippen LogP) is 4.13. The van der Waals surface area contributed by atoms with Crippen LogP contribution in [-0.2, 0) is 0 Å². The molecular weight excluding hydrogens is 270 g/mol. The van der Waals surface area contributed by atoms with Crippen molar-refractivity contribution in [2.75, 3.05) is 0 Å². The summed E-state index contributed by atoms with van der Waals surface area (Å²) in [6, 6.07) is 2.72. The number of hydrogen-bond donors (Lipinski definition) is 0. The van der Waals surface area contributed by atoms with Gasteiger partial charge in [-0.05, 0) is 69.8 Å². The van der Waals surface area contributed by atoms with E-state index in [1.54, 1.807) is 6.92 Å². The van der Waals surface area contributed by atoms with E-state index in [1.165, 1.54) is 25.0 Å². The van der Waals surface area contributed by atoms with Crippen LogP contribution in [0.4, 0.5) is 0 Å². The fraction of sp³-hybridized carbons (Fsp3) is 0.706. The summed E-state index contributed by atoms with van der Waals surface area (Å²) in [4.78, 5) is 12.2. The van der Waals surface area contributed by atoms with Gasteiger partial charge in [0.05, 0.1) is 5.38 Å². The van der Waals surface area contributed by atoms with E-state index in [4.69, 9.17) is 11.6 Å². The maximum atomic E-state index is 12.2. The number of nitrogens with zero attached hydrogens (tertiary/aromatic N) is 1. The summed E-state index contributed by atoms with van der Waals surface area (Å²) < 4.78 is 2.45. The van der Waals surface area contributed by atoms with E-state index in [1.807, 2.05) is 6.07 Å². The van der Waals surface area contributed by atoms with E-state index in [0.717, 1.165) is 34.9 Å². The van der Waals surface area contributed by atoms with Gasteiger partial charge in [0.15, 0.2) is 5.78 Å². The van der Waals surface area contributed by atoms with Gasteiger partial charge in [-0.15, -0.1) is 11.6 Å². The molecule has 3 saturated carbocycles. The molecule has 0 N–H and O–H groups in total. The molecule has 5 unspecified atom stereocenters. The summed E-state index contributed by atoms with van der Waals surface area (Å²) in [5.74, 6) is 3.79. The Labute approximate surface area is 125 Å². The number of aromatic nitrogens is 1. The highest BCUT2D eigenvalue weighted by molar-refractivity contribution is 6.33. The highest BCUT2D eigenvalue weighted by Crippen LogP contribution is 2.71. The van der Waals surface area contributed by atoms with Gasteiger partial charge in [-0.3, -0.25) is 4.79 Å². The number of fused-ring (bicyclic) bond motifs is 5. The Morgan fingerprint density at radius 3 is 2.45 bits per heavy atom. The van der Waals surface area contributed by atoms with Crippen LogP contribution < -0.4 is 0 Å². The summed E-state index contributed by atoms with van der Waals surface area (Å²) in [6.07, 6.45) is 4.34. The zero-order chi connectivity index (χ0) is 14.2. The quantitative estimate of drug-likeness (QED) is 0.606. The van der Waals surface area contributed by atoms with E-state index in [2.05, 4.69) is 18.4 Å². The number of halogens is 1. The van der Waals surface area contributed by atoms with Gasteiger partial charge in [0, 0.05) is 23.0 Å². The van der Waals surface area contributed by atoms with E-state index < -0.39 is 5.38 Å². The molecule has 1 aromatic heterocycles. The number of hydrogen-bond acceptors (Lipinski definition) is 1. The molecule has 5 atom stereocenters. The van der Waals surface area contributed by atoms with Crippen LogP contribution in [-0.4, -0.2) is 15.7 Å². The minimum Gasteiger partial charge on any atom is -0.345 e. The Hall–Kier alpha value is -0.760. The molecule has 0 aromatic carbocycles. The average Bonchev–Trinajstić information content (AvgIpc) is 2.74. The number of carbonyl (C=O) groups excluding carboxylic acids is 1. The van der Waals surface area contributed by atoms with Gasteiger partial charge < -0.3 is 4.57 Å². The van der Waals surface area contributed by atoms with Gasteiger partial charge in [-0.2, -0.15) is 0 Å². The second-order valence-electron chi connectivity index (χ2n) is 7.11. The highest BCUT2D eigenvalue weighted by Gasteiger charge is 2.66. The lowest BCUT2D eigenvalue weighted by molar-refractivity contribution is 0.0991. The van der Waals surface area contributed by atoms with Crippen molar-refractivity contribution in [2.45, 2.75) is 51.5 Å². The van der Waals surface area contributed by atoms with Crippen molar-refractivity contribution in [3.05, 3.63) is 23.0 Å². The van der Waals surface area contributed by atoms with Crippen molar-refractivity contribution >= 4 is 17.4 Å². The minimum atomic E-state index is -0.432. The third-order valence-corrected chi connectivity index (χ3v) is 6.30. The van der Waals surface area contributed by atoms with Gasteiger partial charge in [-0.25, -0.2) is 0 Å². The van der Waals surface area contributed by atoms with Crippen molar-refractivity contribution in [3.8, 4) is 0 Å². The number of ketones is 1. The maximum absolute atomic E-state index is 12.2. The molecule has 1 aromatic rings. The molecule has 20 heavy (non-hydrogen) atoms. The van der Waals surface area contributed by atoms with Gasteiger partial charge in [0.1, 0.15) is 0 Å². The predicted molar refractivity (Wildman–Crippen MR) is 80.4 cm³/mol. The van der Waals surface area contributed by atoms with E-state index in [9.17, 15) is 4.79 Å².